The topological polar surface area (TPSA) is 89.8 Å². The van der Waals surface area contributed by atoms with Gasteiger partial charge in [-0.1, -0.05) is 36.3 Å². The molecule has 0 spiro atoms. The monoisotopic (exact) mass is 455 g/mol. The molecule has 9 nitrogen and oxygen atoms in total. The molecular formula is C24H33N5O4. The Morgan fingerprint density at radius 2 is 1.88 bits per heavy atom. The lowest BCUT2D eigenvalue weighted by atomic mass is 10.1. The van der Waals surface area contributed by atoms with Gasteiger partial charge in [-0.3, -0.25) is 9.69 Å². The number of carbonyl (C=O) groups excluding carboxylic acids is 2. The number of likely N-dealkylation sites (tertiary alicyclic amines) is 2. The van der Waals surface area contributed by atoms with Gasteiger partial charge in [0.25, 0.3) is 0 Å². The number of hydrogen-bond acceptors (Lipinski definition) is 7. The van der Waals surface area contributed by atoms with Gasteiger partial charge in [0.2, 0.25) is 5.91 Å². The van der Waals surface area contributed by atoms with Crippen molar-refractivity contribution >= 4 is 11.9 Å². The Kier molecular flexibility index (Phi) is 7.59. The standard InChI is InChI=1S/C24H33N5O4/c1-3-33-22-11-7-6-10-18(22)15-28-16-19(29-17-20(25-26-29)24(31)32-2)14-21(28)23(30)27-12-8-4-5-9-13-27/h6-7,10-11,17,19,21H,3-5,8-9,12-16H2,1-2H3/t19-,21+/m1/s1. The van der Waals surface area contributed by atoms with Gasteiger partial charge < -0.3 is 14.4 Å². The molecule has 3 heterocycles. The van der Waals surface area contributed by atoms with Gasteiger partial charge in [0.05, 0.1) is 32.0 Å². The minimum Gasteiger partial charge on any atom is -0.494 e. The number of amides is 1. The van der Waals surface area contributed by atoms with Crippen LogP contribution in [0.5, 0.6) is 5.75 Å². The van der Waals surface area contributed by atoms with Crippen LogP contribution in [0.1, 0.15) is 61.1 Å². The minimum absolute atomic E-state index is 0.0592. The number of nitrogens with zero attached hydrogens (tertiary/aromatic N) is 5. The van der Waals surface area contributed by atoms with Crippen molar-refractivity contribution in [2.45, 2.75) is 57.7 Å². The quantitative estimate of drug-likeness (QED) is 0.593. The second-order valence-electron chi connectivity index (χ2n) is 8.69. The lowest BCUT2D eigenvalue weighted by Gasteiger charge is -2.29. The average Bonchev–Trinajstić information content (AvgIpc) is 3.39. The van der Waals surface area contributed by atoms with Gasteiger partial charge in [-0.2, -0.15) is 0 Å². The summed E-state index contributed by atoms with van der Waals surface area (Å²) in [6, 6.07) is 7.67. The number of benzene rings is 1. The fraction of sp³-hybridized carbons (Fsp3) is 0.583. The Balaban J connectivity index is 1.57. The van der Waals surface area contributed by atoms with Crippen LogP contribution in [-0.2, 0) is 16.1 Å². The summed E-state index contributed by atoms with van der Waals surface area (Å²) in [5.41, 5.74) is 1.23. The molecule has 0 saturated carbocycles. The lowest BCUT2D eigenvalue weighted by Crippen LogP contribution is -2.45. The minimum atomic E-state index is -0.515. The van der Waals surface area contributed by atoms with Crippen molar-refractivity contribution in [3.8, 4) is 5.75 Å². The van der Waals surface area contributed by atoms with Crippen LogP contribution in [-0.4, -0.2) is 76.1 Å². The first kappa shape index (κ1) is 23.2. The Bertz CT molecular complexity index is 954. The zero-order valence-corrected chi connectivity index (χ0v) is 19.5. The fourth-order valence-electron chi connectivity index (χ4n) is 4.81. The van der Waals surface area contributed by atoms with Gasteiger partial charge in [-0.05, 0) is 32.3 Å². The predicted octanol–water partition coefficient (Wildman–Crippen LogP) is 2.68. The SMILES string of the molecule is CCOc1ccccc1CN1C[C@H](n2cc(C(=O)OC)nn2)C[C@H]1C(=O)N1CCCCCC1. The first-order valence-electron chi connectivity index (χ1n) is 11.8. The van der Waals surface area contributed by atoms with Crippen LogP contribution >= 0.6 is 0 Å². The Morgan fingerprint density at radius 1 is 1.12 bits per heavy atom. The molecule has 2 fully saturated rings. The van der Waals surface area contributed by atoms with Crippen LogP contribution in [0.15, 0.2) is 30.5 Å². The van der Waals surface area contributed by atoms with Crippen molar-refractivity contribution in [1.29, 1.82) is 0 Å². The van der Waals surface area contributed by atoms with E-state index in [0.29, 0.717) is 26.1 Å². The van der Waals surface area contributed by atoms with Crippen LogP contribution in [0.25, 0.3) is 0 Å². The van der Waals surface area contributed by atoms with Crippen LogP contribution in [0.4, 0.5) is 0 Å². The zero-order valence-electron chi connectivity index (χ0n) is 19.5. The third-order valence-corrected chi connectivity index (χ3v) is 6.51. The predicted molar refractivity (Wildman–Crippen MR) is 122 cm³/mol. The van der Waals surface area contributed by atoms with Crippen molar-refractivity contribution in [2.75, 3.05) is 33.4 Å². The first-order chi connectivity index (χ1) is 16.1. The molecule has 2 aromatic rings. The number of rotatable bonds is 7. The van der Waals surface area contributed by atoms with E-state index in [4.69, 9.17) is 9.47 Å². The van der Waals surface area contributed by atoms with E-state index in [2.05, 4.69) is 21.3 Å². The van der Waals surface area contributed by atoms with E-state index < -0.39 is 5.97 Å². The number of ether oxygens (including phenoxy) is 2. The summed E-state index contributed by atoms with van der Waals surface area (Å²) in [5.74, 6) is 0.513. The Hall–Kier alpha value is -2.94. The molecule has 1 aromatic carbocycles. The summed E-state index contributed by atoms with van der Waals surface area (Å²) in [4.78, 5) is 29.7. The molecule has 0 N–H and O–H groups in total. The second kappa shape index (κ2) is 10.8. The molecule has 178 valence electrons. The van der Waals surface area contributed by atoms with Crippen LogP contribution in [0, 0.1) is 0 Å². The maximum absolute atomic E-state index is 13.6. The van der Waals surface area contributed by atoms with E-state index in [1.807, 2.05) is 30.0 Å². The number of esters is 1. The number of hydrogen-bond donors (Lipinski definition) is 0. The largest absolute Gasteiger partial charge is 0.494 e. The van der Waals surface area contributed by atoms with Crippen molar-refractivity contribution in [2.24, 2.45) is 0 Å². The van der Waals surface area contributed by atoms with E-state index in [1.54, 1.807) is 10.9 Å². The van der Waals surface area contributed by atoms with Crippen molar-refractivity contribution < 1.29 is 19.1 Å². The molecule has 4 rings (SSSR count). The van der Waals surface area contributed by atoms with Crippen molar-refractivity contribution in [1.82, 2.24) is 24.8 Å². The van der Waals surface area contributed by atoms with E-state index >= 15 is 0 Å². The maximum atomic E-state index is 13.6. The summed E-state index contributed by atoms with van der Waals surface area (Å²) in [5, 5.41) is 8.12. The van der Waals surface area contributed by atoms with Crippen LogP contribution in [0.3, 0.4) is 0 Å². The van der Waals surface area contributed by atoms with Crippen LogP contribution < -0.4 is 4.74 Å². The van der Waals surface area contributed by atoms with Gasteiger partial charge in [0, 0.05) is 31.7 Å². The van der Waals surface area contributed by atoms with Gasteiger partial charge in [0.1, 0.15) is 5.75 Å². The van der Waals surface area contributed by atoms with Crippen LogP contribution in [0.2, 0.25) is 0 Å². The lowest BCUT2D eigenvalue weighted by molar-refractivity contribution is -0.136. The third kappa shape index (κ3) is 5.35. The average molecular weight is 456 g/mol. The highest BCUT2D eigenvalue weighted by Gasteiger charge is 2.40. The van der Waals surface area contributed by atoms with Gasteiger partial charge in [0.15, 0.2) is 5.69 Å². The second-order valence-corrected chi connectivity index (χ2v) is 8.69. The van der Waals surface area contributed by atoms with E-state index in [1.165, 1.54) is 20.0 Å². The van der Waals surface area contributed by atoms with Gasteiger partial charge in [-0.15, -0.1) is 5.10 Å². The third-order valence-electron chi connectivity index (χ3n) is 6.51. The van der Waals surface area contributed by atoms with Crippen molar-refractivity contribution in [3.05, 3.63) is 41.7 Å². The van der Waals surface area contributed by atoms with Gasteiger partial charge in [-0.25, -0.2) is 9.48 Å². The maximum Gasteiger partial charge on any atom is 0.360 e. The summed E-state index contributed by atoms with van der Waals surface area (Å²) in [6.45, 7) is 5.44. The highest BCUT2D eigenvalue weighted by molar-refractivity contribution is 5.86. The number of aromatic nitrogens is 3. The first-order valence-corrected chi connectivity index (χ1v) is 11.8. The van der Waals surface area contributed by atoms with Gasteiger partial charge >= 0.3 is 5.97 Å². The Morgan fingerprint density at radius 3 is 2.61 bits per heavy atom. The summed E-state index contributed by atoms with van der Waals surface area (Å²) < 4.78 is 12.3. The molecule has 0 radical (unpaired) electrons. The molecule has 2 aliphatic rings. The van der Waals surface area contributed by atoms with E-state index in [0.717, 1.165) is 37.2 Å². The Labute approximate surface area is 194 Å². The van der Waals surface area contributed by atoms with E-state index in [-0.39, 0.29) is 23.7 Å². The molecule has 0 aliphatic carbocycles. The zero-order chi connectivity index (χ0) is 23.2. The fourth-order valence-corrected chi connectivity index (χ4v) is 4.81. The molecule has 33 heavy (non-hydrogen) atoms. The van der Waals surface area contributed by atoms with E-state index in [9.17, 15) is 9.59 Å². The summed E-state index contributed by atoms with van der Waals surface area (Å²) >= 11 is 0. The molecular weight excluding hydrogens is 422 g/mol. The molecule has 0 bridgehead atoms. The summed E-state index contributed by atoms with van der Waals surface area (Å²) in [7, 11) is 1.32. The molecule has 0 unspecified atom stereocenters. The number of carbonyl (C=O) groups is 2. The van der Waals surface area contributed by atoms with Crippen molar-refractivity contribution in [3.63, 3.8) is 0 Å². The molecule has 2 saturated heterocycles. The molecule has 2 aliphatic heterocycles. The molecule has 1 aromatic heterocycles. The smallest absolute Gasteiger partial charge is 0.360 e. The highest BCUT2D eigenvalue weighted by Crippen LogP contribution is 2.32. The number of para-hydroxylation sites is 1. The normalized spacial score (nSPS) is 21.6. The summed E-state index contributed by atoms with van der Waals surface area (Å²) in [6.07, 6.45) is 6.70. The molecule has 2 atom stereocenters. The molecule has 9 heteroatoms. The number of methoxy groups -OCH3 is 1. The highest BCUT2D eigenvalue weighted by atomic mass is 16.5. The molecule has 1 amide bonds.